The highest BCUT2D eigenvalue weighted by atomic mass is 35.5. The summed E-state index contributed by atoms with van der Waals surface area (Å²) in [5.74, 6) is 0.522. The molecule has 0 N–H and O–H groups in total. The van der Waals surface area contributed by atoms with Crippen LogP contribution in [0.25, 0.3) is 0 Å². The van der Waals surface area contributed by atoms with Crippen LogP contribution in [0, 0.1) is 5.92 Å². The second-order valence-corrected chi connectivity index (χ2v) is 5.48. The normalized spacial score (nSPS) is 23.3. The van der Waals surface area contributed by atoms with E-state index >= 15 is 0 Å². The predicted octanol–water partition coefficient (Wildman–Crippen LogP) is 4.82. The Morgan fingerprint density at radius 1 is 1.32 bits per heavy atom. The fraction of sp³-hybridized carbons (Fsp3) is 0.571. The molecular formula is C14H17ClF2O2. The van der Waals surface area contributed by atoms with Crippen molar-refractivity contribution in [1.82, 2.24) is 0 Å². The van der Waals surface area contributed by atoms with E-state index in [1.54, 1.807) is 12.1 Å². The summed E-state index contributed by atoms with van der Waals surface area (Å²) in [6.45, 7) is 1.32. The number of ether oxygens (including phenoxy) is 2. The molecule has 0 aromatic heterocycles. The molecule has 0 aliphatic carbocycles. The van der Waals surface area contributed by atoms with E-state index in [1.807, 2.05) is 0 Å². The van der Waals surface area contributed by atoms with Crippen LogP contribution in [0.5, 0.6) is 5.75 Å². The van der Waals surface area contributed by atoms with Crippen molar-refractivity contribution in [2.45, 2.75) is 45.5 Å². The molecule has 2 atom stereocenters. The number of hydrogen-bond donors (Lipinski definition) is 0. The maximum atomic E-state index is 12.4. The molecule has 1 heterocycles. The van der Waals surface area contributed by atoms with Gasteiger partial charge in [-0.05, 0) is 30.9 Å². The number of benzene rings is 1. The third-order valence-electron chi connectivity index (χ3n) is 3.33. The fourth-order valence-electron chi connectivity index (χ4n) is 2.35. The van der Waals surface area contributed by atoms with E-state index in [0.717, 1.165) is 12.8 Å². The van der Waals surface area contributed by atoms with Crippen molar-refractivity contribution in [3.05, 3.63) is 28.8 Å². The molecular weight excluding hydrogens is 274 g/mol. The Labute approximate surface area is 116 Å². The smallest absolute Gasteiger partial charge is 0.387 e. The van der Waals surface area contributed by atoms with E-state index in [4.69, 9.17) is 16.3 Å². The lowest BCUT2D eigenvalue weighted by Gasteiger charge is -2.19. The number of hydrogen-bond acceptors (Lipinski definition) is 2. The molecule has 0 unspecified atom stereocenters. The van der Waals surface area contributed by atoms with Crippen LogP contribution in [0.15, 0.2) is 18.2 Å². The lowest BCUT2D eigenvalue weighted by Crippen LogP contribution is -2.14. The summed E-state index contributed by atoms with van der Waals surface area (Å²) in [5.41, 5.74) is 0.646. The standard InChI is InChI=1S/C14H17ClF2O2/c1-8(2)11-5-6-12(18-11)10-4-3-9(15)7-13(10)19-14(16)17/h3-4,7-8,11-12,14H,5-6H2,1-2H3/t11-,12+/m0/s1. The van der Waals surface area contributed by atoms with Crippen molar-refractivity contribution in [2.24, 2.45) is 5.92 Å². The zero-order chi connectivity index (χ0) is 14.0. The number of alkyl halides is 2. The number of halogens is 3. The summed E-state index contributed by atoms with van der Waals surface area (Å²) in [4.78, 5) is 0. The van der Waals surface area contributed by atoms with Crippen LogP contribution < -0.4 is 4.74 Å². The van der Waals surface area contributed by atoms with Gasteiger partial charge in [0.2, 0.25) is 0 Å². The second kappa shape index (κ2) is 6.06. The van der Waals surface area contributed by atoms with Crippen molar-refractivity contribution < 1.29 is 18.3 Å². The molecule has 0 amide bonds. The third kappa shape index (κ3) is 3.57. The van der Waals surface area contributed by atoms with E-state index in [-0.39, 0.29) is 18.0 Å². The van der Waals surface area contributed by atoms with Crippen LogP contribution in [-0.4, -0.2) is 12.7 Å². The predicted molar refractivity (Wildman–Crippen MR) is 69.8 cm³/mol. The van der Waals surface area contributed by atoms with Crippen LogP contribution in [0.3, 0.4) is 0 Å². The second-order valence-electron chi connectivity index (χ2n) is 5.05. The molecule has 5 heteroatoms. The summed E-state index contributed by atoms with van der Waals surface area (Å²) in [6, 6.07) is 4.78. The first-order valence-electron chi connectivity index (χ1n) is 6.37. The van der Waals surface area contributed by atoms with E-state index in [0.29, 0.717) is 16.5 Å². The molecule has 1 fully saturated rings. The van der Waals surface area contributed by atoms with E-state index in [2.05, 4.69) is 18.6 Å². The third-order valence-corrected chi connectivity index (χ3v) is 3.57. The first-order chi connectivity index (χ1) is 8.97. The van der Waals surface area contributed by atoms with Crippen molar-refractivity contribution in [3.63, 3.8) is 0 Å². The Hall–Kier alpha value is -0.870. The van der Waals surface area contributed by atoms with Crippen LogP contribution in [0.1, 0.15) is 38.4 Å². The molecule has 0 saturated carbocycles. The molecule has 19 heavy (non-hydrogen) atoms. The molecule has 1 aliphatic rings. The van der Waals surface area contributed by atoms with E-state index < -0.39 is 6.61 Å². The van der Waals surface area contributed by atoms with Crippen molar-refractivity contribution >= 4 is 11.6 Å². The first kappa shape index (κ1) is 14.5. The van der Waals surface area contributed by atoms with Crippen molar-refractivity contribution in [2.75, 3.05) is 0 Å². The highest BCUT2D eigenvalue weighted by molar-refractivity contribution is 6.30. The Balaban J connectivity index is 2.20. The Bertz CT molecular complexity index is 437. The molecule has 0 radical (unpaired) electrons. The zero-order valence-electron chi connectivity index (χ0n) is 10.9. The van der Waals surface area contributed by atoms with Gasteiger partial charge in [-0.3, -0.25) is 0 Å². The Morgan fingerprint density at radius 3 is 2.63 bits per heavy atom. The summed E-state index contributed by atoms with van der Waals surface area (Å²) >= 11 is 5.82. The minimum atomic E-state index is -2.86. The molecule has 1 saturated heterocycles. The van der Waals surface area contributed by atoms with Gasteiger partial charge in [0.05, 0.1) is 12.2 Å². The Morgan fingerprint density at radius 2 is 2.05 bits per heavy atom. The van der Waals surface area contributed by atoms with Crippen LogP contribution in [-0.2, 0) is 4.74 Å². The molecule has 1 aromatic carbocycles. The van der Waals surface area contributed by atoms with Gasteiger partial charge in [-0.1, -0.05) is 31.5 Å². The highest BCUT2D eigenvalue weighted by Crippen LogP contribution is 2.40. The SMILES string of the molecule is CC(C)[C@@H]1CC[C@H](c2ccc(Cl)cc2OC(F)F)O1. The zero-order valence-corrected chi connectivity index (χ0v) is 11.7. The fourth-order valence-corrected chi connectivity index (χ4v) is 2.52. The summed E-state index contributed by atoms with van der Waals surface area (Å²) in [5, 5.41) is 0.373. The molecule has 0 bridgehead atoms. The van der Waals surface area contributed by atoms with Gasteiger partial charge >= 0.3 is 6.61 Å². The maximum absolute atomic E-state index is 12.4. The van der Waals surface area contributed by atoms with Crippen LogP contribution in [0.4, 0.5) is 8.78 Å². The average molecular weight is 291 g/mol. The van der Waals surface area contributed by atoms with Gasteiger partial charge in [0.15, 0.2) is 0 Å². The average Bonchev–Trinajstić information content (AvgIpc) is 2.77. The lowest BCUT2D eigenvalue weighted by atomic mass is 10.0. The van der Waals surface area contributed by atoms with Crippen LogP contribution >= 0.6 is 11.6 Å². The van der Waals surface area contributed by atoms with E-state index in [9.17, 15) is 8.78 Å². The molecule has 0 spiro atoms. The molecule has 106 valence electrons. The first-order valence-corrected chi connectivity index (χ1v) is 6.75. The van der Waals surface area contributed by atoms with Crippen molar-refractivity contribution in [3.8, 4) is 5.75 Å². The minimum Gasteiger partial charge on any atom is -0.434 e. The van der Waals surface area contributed by atoms with Crippen molar-refractivity contribution in [1.29, 1.82) is 0 Å². The van der Waals surface area contributed by atoms with Gasteiger partial charge in [-0.2, -0.15) is 8.78 Å². The van der Waals surface area contributed by atoms with Gasteiger partial charge in [0.25, 0.3) is 0 Å². The van der Waals surface area contributed by atoms with Gasteiger partial charge in [0, 0.05) is 10.6 Å². The topological polar surface area (TPSA) is 18.5 Å². The monoisotopic (exact) mass is 290 g/mol. The maximum Gasteiger partial charge on any atom is 0.387 e. The van der Waals surface area contributed by atoms with Gasteiger partial charge in [0.1, 0.15) is 5.75 Å². The summed E-state index contributed by atoms with van der Waals surface area (Å²) in [7, 11) is 0. The summed E-state index contributed by atoms with van der Waals surface area (Å²) in [6.07, 6.45) is 1.71. The Kier molecular flexibility index (Phi) is 4.63. The lowest BCUT2D eigenvalue weighted by molar-refractivity contribution is -0.0530. The van der Waals surface area contributed by atoms with Gasteiger partial charge < -0.3 is 9.47 Å². The largest absolute Gasteiger partial charge is 0.434 e. The molecule has 2 nitrogen and oxygen atoms in total. The quantitative estimate of drug-likeness (QED) is 0.791. The van der Waals surface area contributed by atoms with E-state index in [1.165, 1.54) is 6.07 Å². The minimum absolute atomic E-state index is 0.108. The van der Waals surface area contributed by atoms with Gasteiger partial charge in [-0.25, -0.2) is 0 Å². The van der Waals surface area contributed by atoms with Crippen LogP contribution in [0.2, 0.25) is 5.02 Å². The molecule has 1 aromatic rings. The van der Waals surface area contributed by atoms with Gasteiger partial charge in [-0.15, -0.1) is 0 Å². The highest BCUT2D eigenvalue weighted by Gasteiger charge is 2.30. The summed E-state index contributed by atoms with van der Waals surface area (Å²) < 4.78 is 35.3. The molecule has 2 rings (SSSR count). The molecule has 1 aliphatic heterocycles. The number of rotatable bonds is 4.